The molecule has 0 radical (unpaired) electrons. The molecule has 90 valence electrons. The summed E-state index contributed by atoms with van der Waals surface area (Å²) in [6, 6.07) is 5.68. The lowest BCUT2D eigenvalue weighted by atomic mass is 10.0. The van der Waals surface area contributed by atoms with Crippen LogP contribution in [0.4, 0.5) is 0 Å². The summed E-state index contributed by atoms with van der Waals surface area (Å²) in [5.74, 6) is 0. The summed E-state index contributed by atoms with van der Waals surface area (Å²) in [5.41, 5.74) is 1.56. The van der Waals surface area contributed by atoms with E-state index in [9.17, 15) is 0 Å². The molecule has 0 saturated heterocycles. The highest BCUT2D eigenvalue weighted by atomic mass is 35.5. The van der Waals surface area contributed by atoms with E-state index in [2.05, 4.69) is 5.32 Å². The van der Waals surface area contributed by atoms with Crippen molar-refractivity contribution in [3.63, 3.8) is 0 Å². The van der Waals surface area contributed by atoms with E-state index in [1.54, 1.807) is 6.92 Å². The first-order valence-corrected chi connectivity index (χ1v) is 5.60. The fourth-order valence-corrected chi connectivity index (χ4v) is 1.55. The molecule has 1 aromatic carbocycles. The quantitative estimate of drug-likeness (QED) is 0.734. The number of benzene rings is 1. The van der Waals surface area contributed by atoms with E-state index >= 15 is 0 Å². The molecule has 0 aliphatic heterocycles. The Morgan fingerprint density at radius 3 is 2.44 bits per heavy atom. The maximum Gasteiger partial charge on any atom is 0.0633 e. The number of rotatable bonds is 5. The monoisotopic (exact) mass is 243 g/mol. The summed E-state index contributed by atoms with van der Waals surface area (Å²) in [5, 5.41) is 22.1. The van der Waals surface area contributed by atoms with Gasteiger partial charge in [-0.1, -0.05) is 17.7 Å². The van der Waals surface area contributed by atoms with Crippen molar-refractivity contribution in [1.82, 2.24) is 5.32 Å². The van der Waals surface area contributed by atoms with Crippen molar-refractivity contribution in [3.8, 4) is 0 Å². The molecule has 0 amide bonds. The van der Waals surface area contributed by atoms with Crippen LogP contribution in [0.2, 0.25) is 5.02 Å². The Hall–Kier alpha value is -0.610. The first-order valence-electron chi connectivity index (χ1n) is 5.22. The van der Waals surface area contributed by atoms with E-state index < -0.39 is 5.54 Å². The summed E-state index contributed by atoms with van der Waals surface area (Å²) >= 11 is 5.86. The number of aliphatic hydroxyl groups excluding tert-OH is 2. The normalized spacial score (nSPS) is 11.8. The van der Waals surface area contributed by atoms with Gasteiger partial charge in [-0.05, 0) is 37.1 Å². The van der Waals surface area contributed by atoms with Gasteiger partial charge in [-0.3, -0.25) is 0 Å². The van der Waals surface area contributed by atoms with Crippen molar-refractivity contribution in [2.24, 2.45) is 0 Å². The smallest absolute Gasteiger partial charge is 0.0633 e. The summed E-state index contributed by atoms with van der Waals surface area (Å²) in [6.45, 7) is 4.16. The van der Waals surface area contributed by atoms with E-state index in [1.807, 2.05) is 25.1 Å². The van der Waals surface area contributed by atoms with Crippen molar-refractivity contribution in [2.45, 2.75) is 25.9 Å². The second-order valence-electron chi connectivity index (χ2n) is 4.30. The lowest BCUT2D eigenvalue weighted by Gasteiger charge is -2.26. The van der Waals surface area contributed by atoms with Crippen LogP contribution in [0.3, 0.4) is 0 Å². The van der Waals surface area contributed by atoms with E-state index in [1.165, 1.54) is 0 Å². The maximum atomic E-state index is 9.13. The van der Waals surface area contributed by atoms with Crippen molar-refractivity contribution >= 4 is 11.6 Å². The van der Waals surface area contributed by atoms with Crippen LogP contribution in [-0.2, 0) is 6.54 Å². The molecular formula is C12H18ClNO2. The number of nitrogens with one attached hydrogen (secondary N) is 1. The lowest BCUT2D eigenvalue weighted by molar-refractivity contribution is 0.103. The third-order valence-electron chi connectivity index (χ3n) is 2.71. The van der Waals surface area contributed by atoms with E-state index in [4.69, 9.17) is 21.8 Å². The van der Waals surface area contributed by atoms with Crippen LogP contribution in [-0.4, -0.2) is 29.0 Å². The lowest BCUT2D eigenvalue weighted by Crippen LogP contribution is -2.48. The van der Waals surface area contributed by atoms with Gasteiger partial charge in [0.25, 0.3) is 0 Å². The minimum absolute atomic E-state index is 0.101. The van der Waals surface area contributed by atoms with Gasteiger partial charge >= 0.3 is 0 Å². The average molecular weight is 244 g/mol. The molecule has 4 heteroatoms. The third kappa shape index (κ3) is 3.46. The maximum absolute atomic E-state index is 9.13. The number of aliphatic hydroxyl groups is 2. The summed E-state index contributed by atoms with van der Waals surface area (Å²) < 4.78 is 0. The van der Waals surface area contributed by atoms with Gasteiger partial charge in [0.1, 0.15) is 0 Å². The van der Waals surface area contributed by atoms with Gasteiger partial charge in [0.2, 0.25) is 0 Å². The zero-order valence-corrected chi connectivity index (χ0v) is 10.4. The zero-order valence-electron chi connectivity index (χ0n) is 9.63. The largest absolute Gasteiger partial charge is 0.394 e. The average Bonchev–Trinajstić information content (AvgIpc) is 2.27. The van der Waals surface area contributed by atoms with Crippen molar-refractivity contribution in [3.05, 3.63) is 34.3 Å². The van der Waals surface area contributed by atoms with Crippen LogP contribution in [0.5, 0.6) is 0 Å². The minimum Gasteiger partial charge on any atom is -0.394 e. The van der Waals surface area contributed by atoms with Crippen molar-refractivity contribution in [2.75, 3.05) is 13.2 Å². The van der Waals surface area contributed by atoms with Gasteiger partial charge in [0, 0.05) is 11.6 Å². The van der Waals surface area contributed by atoms with Gasteiger partial charge in [0.05, 0.1) is 18.8 Å². The van der Waals surface area contributed by atoms with Crippen molar-refractivity contribution < 1.29 is 10.2 Å². The molecule has 0 atom stereocenters. The predicted octanol–water partition coefficient (Wildman–Crippen LogP) is 1.48. The molecule has 16 heavy (non-hydrogen) atoms. The number of halogens is 1. The molecular weight excluding hydrogens is 226 g/mol. The molecule has 1 aromatic rings. The molecule has 0 bridgehead atoms. The van der Waals surface area contributed by atoms with E-state index in [0.29, 0.717) is 11.6 Å². The Kier molecular flexibility index (Phi) is 4.74. The molecule has 0 aliphatic carbocycles. The van der Waals surface area contributed by atoms with Crippen LogP contribution in [0.15, 0.2) is 18.2 Å². The van der Waals surface area contributed by atoms with E-state index in [0.717, 1.165) is 11.1 Å². The standard InChI is InChI=1S/C12H18ClNO2/c1-9-5-11(13)4-3-10(9)6-14-12(2,7-15)8-16/h3-5,14-16H,6-8H2,1-2H3. The Morgan fingerprint density at radius 1 is 1.31 bits per heavy atom. The van der Waals surface area contributed by atoms with Gasteiger partial charge in [-0.25, -0.2) is 0 Å². The molecule has 0 saturated carbocycles. The van der Waals surface area contributed by atoms with Crippen LogP contribution >= 0.6 is 11.6 Å². The van der Waals surface area contributed by atoms with E-state index in [-0.39, 0.29) is 13.2 Å². The summed E-state index contributed by atoms with van der Waals surface area (Å²) in [7, 11) is 0. The van der Waals surface area contributed by atoms with Gasteiger partial charge < -0.3 is 15.5 Å². The second kappa shape index (κ2) is 5.64. The van der Waals surface area contributed by atoms with Crippen LogP contribution in [0.1, 0.15) is 18.1 Å². The molecule has 0 fully saturated rings. The molecule has 3 N–H and O–H groups in total. The Balaban J connectivity index is 2.67. The van der Waals surface area contributed by atoms with Crippen molar-refractivity contribution in [1.29, 1.82) is 0 Å². The highest BCUT2D eigenvalue weighted by Crippen LogP contribution is 2.15. The number of aryl methyl sites for hydroxylation is 1. The fraction of sp³-hybridized carbons (Fsp3) is 0.500. The highest BCUT2D eigenvalue weighted by Gasteiger charge is 2.21. The molecule has 0 heterocycles. The number of hydrogen-bond donors (Lipinski definition) is 3. The van der Waals surface area contributed by atoms with Gasteiger partial charge in [-0.15, -0.1) is 0 Å². The topological polar surface area (TPSA) is 52.5 Å². The highest BCUT2D eigenvalue weighted by molar-refractivity contribution is 6.30. The molecule has 3 nitrogen and oxygen atoms in total. The molecule has 0 spiro atoms. The molecule has 0 unspecified atom stereocenters. The van der Waals surface area contributed by atoms with Crippen LogP contribution in [0, 0.1) is 6.92 Å². The predicted molar refractivity (Wildman–Crippen MR) is 65.6 cm³/mol. The van der Waals surface area contributed by atoms with Crippen LogP contribution in [0.25, 0.3) is 0 Å². The summed E-state index contributed by atoms with van der Waals surface area (Å²) in [4.78, 5) is 0. The van der Waals surface area contributed by atoms with Gasteiger partial charge in [-0.2, -0.15) is 0 Å². The fourth-order valence-electron chi connectivity index (χ4n) is 1.33. The molecule has 1 rings (SSSR count). The summed E-state index contributed by atoms with van der Waals surface area (Å²) in [6.07, 6.45) is 0. The minimum atomic E-state index is -0.647. The SMILES string of the molecule is Cc1cc(Cl)ccc1CNC(C)(CO)CO. The molecule has 0 aromatic heterocycles. The molecule has 0 aliphatic rings. The first-order chi connectivity index (χ1) is 7.50. The van der Waals surface area contributed by atoms with Gasteiger partial charge in [0.15, 0.2) is 0 Å². The first kappa shape index (κ1) is 13.5. The number of hydrogen-bond acceptors (Lipinski definition) is 3. The zero-order chi connectivity index (χ0) is 12.2. The third-order valence-corrected chi connectivity index (χ3v) is 2.94. The second-order valence-corrected chi connectivity index (χ2v) is 4.74. The van der Waals surface area contributed by atoms with Crippen LogP contribution < -0.4 is 5.32 Å². The Bertz CT molecular complexity index is 351. The Labute approximate surface area is 101 Å². The Morgan fingerprint density at radius 2 is 1.94 bits per heavy atom.